The molecule has 0 saturated heterocycles. The maximum atomic E-state index is 12.8. The van der Waals surface area contributed by atoms with Crippen molar-refractivity contribution in [1.82, 2.24) is 0 Å². The number of likely N-dealkylation sites (N-methyl/N-ethyl adjacent to an activating group) is 1. The highest BCUT2D eigenvalue weighted by atomic mass is 16.6. The van der Waals surface area contributed by atoms with Gasteiger partial charge in [-0.25, -0.2) is 4.79 Å². The third kappa shape index (κ3) is 46.2. The summed E-state index contributed by atoms with van der Waals surface area (Å²) in [6.45, 7) is 4.65. The predicted molar refractivity (Wildman–Crippen MR) is 275 cm³/mol. The minimum Gasteiger partial charge on any atom is -0.477 e. The van der Waals surface area contributed by atoms with E-state index in [-0.39, 0.29) is 36.2 Å². The van der Waals surface area contributed by atoms with Gasteiger partial charge in [-0.15, -0.1) is 0 Å². The van der Waals surface area contributed by atoms with Gasteiger partial charge >= 0.3 is 17.9 Å². The second-order valence-corrected chi connectivity index (χ2v) is 19.5. The van der Waals surface area contributed by atoms with Gasteiger partial charge in [0, 0.05) is 19.3 Å². The molecule has 8 nitrogen and oxygen atoms in total. The number of carboxylic acid groups (broad SMARTS) is 1. The Hall–Kier alpha value is -2.71. The largest absolute Gasteiger partial charge is 0.477 e. The number of aliphatic carboxylic acids is 1. The van der Waals surface area contributed by atoms with Crippen LogP contribution in [0.3, 0.4) is 0 Å². The first kappa shape index (κ1) is 62.3. The number of hydrogen-bond acceptors (Lipinski definition) is 6. The molecule has 0 aliphatic rings. The number of quaternary nitrogens is 1. The van der Waals surface area contributed by atoms with Gasteiger partial charge in [-0.05, 0) is 51.4 Å². The first-order chi connectivity index (χ1) is 31.6. The van der Waals surface area contributed by atoms with Crippen molar-refractivity contribution in [3.05, 3.63) is 48.6 Å². The summed E-state index contributed by atoms with van der Waals surface area (Å²) in [4.78, 5) is 37.2. The summed E-state index contributed by atoms with van der Waals surface area (Å²) in [7, 11) is 5.54. The van der Waals surface area contributed by atoms with Crippen molar-refractivity contribution >= 4 is 17.9 Å². The van der Waals surface area contributed by atoms with Gasteiger partial charge < -0.3 is 23.8 Å². The van der Waals surface area contributed by atoms with Crippen molar-refractivity contribution in [2.45, 2.75) is 257 Å². The van der Waals surface area contributed by atoms with Gasteiger partial charge in [0.2, 0.25) is 0 Å². The fraction of sp³-hybridized carbons (Fsp3) is 0.807. The summed E-state index contributed by atoms with van der Waals surface area (Å²) >= 11 is 0. The van der Waals surface area contributed by atoms with E-state index >= 15 is 0 Å². The number of carboxylic acids is 1. The van der Waals surface area contributed by atoms with Gasteiger partial charge in [0.1, 0.15) is 6.61 Å². The highest BCUT2D eigenvalue weighted by molar-refractivity contribution is 5.72. The highest BCUT2D eigenvalue weighted by Gasteiger charge is 2.31. The van der Waals surface area contributed by atoms with Gasteiger partial charge in [0.05, 0.1) is 34.4 Å². The van der Waals surface area contributed by atoms with Crippen LogP contribution in [0.2, 0.25) is 0 Å². The van der Waals surface area contributed by atoms with Crippen molar-refractivity contribution in [3.63, 3.8) is 0 Å². The lowest BCUT2D eigenvalue weighted by atomic mass is 10.0. The summed E-state index contributed by atoms with van der Waals surface area (Å²) in [5, 5.41) is 9.67. The van der Waals surface area contributed by atoms with Crippen LogP contribution < -0.4 is 0 Å². The average molecular weight is 915 g/mol. The fourth-order valence-corrected chi connectivity index (χ4v) is 8.09. The van der Waals surface area contributed by atoms with Crippen LogP contribution in [0.5, 0.6) is 0 Å². The summed E-state index contributed by atoms with van der Waals surface area (Å²) in [5.41, 5.74) is 0. The molecule has 0 aromatic carbocycles. The number of ether oxygens (including phenoxy) is 3. The van der Waals surface area contributed by atoms with Gasteiger partial charge in [-0.1, -0.05) is 223 Å². The molecule has 0 spiro atoms. The average Bonchev–Trinajstić information content (AvgIpc) is 3.27. The normalized spacial score (nSPS) is 13.2. The smallest absolute Gasteiger partial charge is 0.362 e. The Morgan fingerprint density at radius 2 is 0.862 bits per heavy atom. The quantitative estimate of drug-likeness (QED) is 0.0281. The Bertz CT molecular complexity index is 1200. The third-order valence-corrected chi connectivity index (χ3v) is 12.2. The maximum absolute atomic E-state index is 12.8. The number of hydrogen-bond donors (Lipinski definition) is 1. The molecule has 65 heavy (non-hydrogen) atoms. The molecule has 2 atom stereocenters. The molecule has 0 aliphatic carbocycles. The number of carbonyl (C=O) groups excluding carboxylic acids is 2. The third-order valence-electron chi connectivity index (χ3n) is 12.2. The van der Waals surface area contributed by atoms with Crippen molar-refractivity contribution in [3.8, 4) is 0 Å². The lowest BCUT2D eigenvalue weighted by Gasteiger charge is -2.31. The summed E-state index contributed by atoms with van der Waals surface area (Å²) in [5.74, 6) is -1.47. The van der Waals surface area contributed by atoms with Gasteiger partial charge in [-0.3, -0.25) is 9.59 Å². The van der Waals surface area contributed by atoms with Crippen LogP contribution in [0.4, 0.5) is 0 Å². The van der Waals surface area contributed by atoms with Crippen LogP contribution >= 0.6 is 0 Å². The Labute approximate surface area is 401 Å². The van der Waals surface area contributed by atoms with E-state index < -0.39 is 18.1 Å². The molecule has 1 N–H and O–H groups in total. The Morgan fingerprint density at radius 1 is 0.477 bits per heavy atom. The van der Waals surface area contributed by atoms with Crippen LogP contribution in [-0.2, 0) is 28.6 Å². The zero-order valence-electron chi connectivity index (χ0n) is 43.2. The number of nitrogens with zero attached hydrogens (tertiary/aromatic N) is 1. The minimum absolute atomic E-state index is 0.0531. The van der Waals surface area contributed by atoms with Crippen LogP contribution in [0.25, 0.3) is 0 Å². The van der Waals surface area contributed by atoms with E-state index in [1.807, 2.05) is 21.1 Å². The standard InChI is InChI=1S/C57H103NO7/c1-6-8-10-12-14-16-18-20-22-24-26-28-30-31-33-35-37-39-41-43-45-47-55(59)64-52-53(51-63-50-49-54(57(61)62)58(3,4)5)65-56(60)48-46-44-42-40-38-36-34-32-29-27-25-23-21-19-17-15-13-11-9-7-2/h9,11,15,17,21,23,27,29,53-54H,6-8,10,12-14,16,18-20,22,24-26,28,30-52H2,1-5H3/p+1/b11-9+,17-15+,23-21+,29-27+. The number of rotatable bonds is 49. The van der Waals surface area contributed by atoms with Crippen molar-refractivity contribution in [2.75, 3.05) is 41.0 Å². The van der Waals surface area contributed by atoms with E-state index in [0.717, 1.165) is 70.6 Å². The molecule has 0 aromatic rings. The molecule has 0 bridgehead atoms. The topological polar surface area (TPSA) is 99.1 Å². The van der Waals surface area contributed by atoms with E-state index in [4.69, 9.17) is 14.2 Å². The molecule has 0 saturated carbocycles. The molecule has 0 fully saturated rings. The second-order valence-electron chi connectivity index (χ2n) is 19.5. The summed E-state index contributed by atoms with van der Waals surface area (Å²) in [6.07, 6.45) is 58.8. The van der Waals surface area contributed by atoms with Crippen molar-refractivity contribution in [2.24, 2.45) is 0 Å². The predicted octanol–water partition coefficient (Wildman–Crippen LogP) is 15.9. The molecule has 0 heterocycles. The van der Waals surface area contributed by atoms with Crippen LogP contribution in [0.1, 0.15) is 245 Å². The van der Waals surface area contributed by atoms with Crippen LogP contribution in [-0.4, -0.2) is 80.6 Å². The van der Waals surface area contributed by atoms with Crippen LogP contribution in [0, 0.1) is 0 Å². The Kier molecular flexibility index (Phi) is 45.8. The number of carbonyl (C=O) groups is 3. The first-order valence-corrected chi connectivity index (χ1v) is 27.2. The molecule has 0 aliphatic heterocycles. The molecule has 8 heteroatoms. The zero-order chi connectivity index (χ0) is 47.7. The monoisotopic (exact) mass is 915 g/mol. The maximum Gasteiger partial charge on any atom is 0.362 e. The Balaban J connectivity index is 4.20. The van der Waals surface area contributed by atoms with E-state index in [9.17, 15) is 19.5 Å². The van der Waals surface area contributed by atoms with Crippen LogP contribution in [0.15, 0.2) is 48.6 Å². The molecular formula is C57H104NO7+. The molecule has 0 rings (SSSR count). The van der Waals surface area contributed by atoms with E-state index in [0.29, 0.717) is 19.3 Å². The molecule has 2 unspecified atom stereocenters. The summed E-state index contributed by atoms with van der Waals surface area (Å²) in [6, 6.07) is -0.617. The molecule has 0 radical (unpaired) electrons. The fourth-order valence-electron chi connectivity index (χ4n) is 8.09. The minimum atomic E-state index is -0.875. The lowest BCUT2D eigenvalue weighted by Crippen LogP contribution is -2.50. The molecule has 378 valence electrons. The SMILES string of the molecule is CC/C=C/C/C=C/C/C=C/C/C=C/CCCCCCCCCC(=O)OC(COCCC(C(=O)O)[N+](C)(C)C)COC(=O)CCCCCCCCCCCCCCCCCCCCCCC. The van der Waals surface area contributed by atoms with E-state index in [1.165, 1.54) is 141 Å². The molecular weight excluding hydrogens is 811 g/mol. The Morgan fingerprint density at radius 3 is 1.28 bits per heavy atom. The number of esters is 2. The first-order valence-electron chi connectivity index (χ1n) is 27.2. The number of unbranched alkanes of at least 4 members (excludes halogenated alkanes) is 27. The number of allylic oxidation sites excluding steroid dienone is 8. The molecule has 0 aromatic heterocycles. The van der Waals surface area contributed by atoms with Gasteiger partial charge in [-0.2, -0.15) is 0 Å². The van der Waals surface area contributed by atoms with Crippen molar-refractivity contribution < 1.29 is 38.2 Å². The van der Waals surface area contributed by atoms with E-state index in [2.05, 4.69) is 62.5 Å². The van der Waals surface area contributed by atoms with Gasteiger partial charge in [0.25, 0.3) is 0 Å². The summed E-state index contributed by atoms with van der Waals surface area (Å²) < 4.78 is 17.4. The zero-order valence-corrected chi connectivity index (χ0v) is 43.2. The highest BCUT2D eigenvalue weighted by Crippen LogP contribution is 2.17. The van der Waals surface area contributed by atoms with Gasteiger partial charge in [0.15, 0.2) is 12.1 Å². The lowest BCUT2D eigenvalue weighted by molar-refractivity contribution is -0.887. The second kappa shape index (κ2) is 47.8. The van der Waals surface area contributed by atoms with E-state index in [1.54, 1.807) is 0 Å². The molecule has 0 amide bonds. The van der Waals surface area contributed by atoms with Crippen molar-refractivity contribution in [1.29, 1.82) is 0 Å².